The maximum Gasteiger partial charge on any atom is 0.258 e. The van der Waals surface area contributed by atoms with Crippen LogP contribution < -0.4 is 10.1 Å². The van der Waals surface area contributed by atoms with Crippen LogP contribution in [0, 0.1) is 0 Å². The molecule has 0 saturated heterocycles. The quantitative estimate of drug-likeness (QED) is 0.621. The molecule has 0 fully saturated rings. The van der Waals surface area contributed by atoms with Gasteiger partial charge in [-0.05, 0) is 57.9 Å². The van der Waals surface area contributed by atoms with Crippen molar-refractivity contribution in [2.24, 2.45) is 0 Å². The molecule has 0 aliphatic heterocycles. The van der Waals surface area contributed by atoms with Crippen LogP contribution in [0.25, 0.3) is 0 Å². The van der Waals surface area contributed by atoms with E-state index in [4.69, 9.17) is 4.74 Å². The summed E-state index contributed by atoms with van der Waals surface area (Å²) in [6.45, 7) is 6.43. The van der Waals surface area contributed by atoms with Gasteiger partial charge in [0.25, 0.3) is 5.91 Å². The van der Waals surface area contributed by atoms with Gasteiger partial charge in [-0.3, -0.25) is 4.79 Å². The molecule has 3 nitrogen and oxygen atoms in total. The van der Waals surface area contributed by atoms with Crippen molar-refractivity contribution in [3.05, 3.63) is 64.1 Å². The Morgan fingerprint density at radius 2 is 1.80 bits per heavy atom. The minimum absolute atomic E-state index is 0.00457. The van der Waals surface area contributed by atoms with Crippen molar-refractivity contribution in [3.63, 3.8) is 0 Å². The van der Waals surface area contributed by atoms with Crippen LogP contribution in [-0.2, 0) is 4.79 Å². The van der Waals surface area contributed by atoms with Crippen LogP contribution in [0.2, 0.25) is 0 Å². The van der Waals surface area contributed by atoms with E-state index in [0.717, 1.165) is 22.9 Å². The fourth-order valence-corrected chi connectivity index (χ4v) is 3.17. The predicted octanol–water partition coefficient (Wildman–Crippen LogP) is 5.61. The number of benzene rings is 2. The first kappa shape index (κ1) is 19.5. The molecular weight excluding hydrogens is 378 g/mol. The van der Waals surface area contributed by atoms with Gasteiger partial charge in [0, 0.05) is 0 Å². The summed E-state index contributed by atoms with van der Waals surface area (Å²) in [7, 11) is 0. The van der Waals surface area contributed by atoms with Crippen LogP contribution in [0.1, 0.15) is 56.7 Å². The molecule has 0 aromatic heterocycles. The standard InChI is InChI=1S/C21H26BrNO2/c1-4-15(3)17-11-12-20(18(22)13-17)25-14-21(24)23-19(5-2)16-9-7-6-8-10-16/h6-13,15,19H,4-5,14H2,1-3H3,(H,23,24). The van der Waals surface area contributed by atoms with Gasteiger partial charge in [-0.2, -0.15) is 0 Å². The number of hydrogen-bond acceptors (Lipinski definition) is 2. The van der Waals surface area contributed by atoms with Crippen molar-refractivity contribution in [1.82, 2.24) is 5.32 Å². The summed E-state index contributed by atoms with van der Waals surface area (Å²) in [6, 6.07) is 16.1. The topological polar surface area (TPSA) is 38.3 Å². The maximum atomic E-state index is 12.2. The van der Waals surface area contributed by atoms with Gasteiger partial charge in [-0.15, -0.1) is 0 Å². The molecule has 0 heterocycles. The van der Waals surface area contributed by atoms with Crippen molar-refractivity contribution in [2.75, 3.05) is 6.61 Å². The highest BCUT2D eigenvalue weighted by Crippen LogP contribution is 2.30. The van der Waals surface area contributed by atoms with E-state index in [1.165, 1.54) is 5.56 Å². The van der Waals surface area contributed by atoms with E-state index in [2.05, 4.69) is 54.2 Å². The van der Waals surface area contributed by atoms with Crippen molar-refractivity contribution in [2.45, 2.75) is 45.6 Å². The number of amides is 1. The van der Waals surface area contributed by atoms with Gasteiger partial charge < -0.3 is 10.1 Å². The van der Waals surface area contributed by atoms with Crippen LogP contribution in [0.15, 0.2) is 53.0 Å². The second-order valence-corrected chi connectivity index (χ2v) is 7.08. The summed E-state index contributed by atoms with van der Waals surface area (Å²) in [5, 5.41) is 3.03. The number of nitrogens with one attached hydrogen (secondary N) is 1. The third-order valence-corrected chi connectivity index (χ3v) is 5.06. The molecule has 2 aromatic rings. The van der Waals surface area contributed by atoms with E-state index in [0.29, 0.717) is 11.7 Å². The van der Waals surface area contributed by atoms with Gasteiger partial charge in [-0.1, -0.05) is 57.2 Å². The molecule has 1 amide bonds. The first-order valence-corrected chi connectivity index (χ1v) is 9.61. The fraction of sp³-hybridized carbons (Fsp3) is 0.381. The summed E-state index contributed by atoms with van der Waals surface area (Å²) in [5.74, 6) is 1.08. The third-order valence-electron chi connectivity index (χ3n) is 4.44. The Bertz CT molecular complexity index is 688. The highest BCUT2D eigenvalue weighted by molar-refractivity contribution is 9.10. The normalized spacial score (nSPS) is 13.1. The second kappa shape index (κ2) is 9.62. The molecule has 2 rings (SSSR count). The number of halogens is 1. The summed E-state index contributed by atoms with van der Waals surface area (Å²) in [4.78, 5) is 12.2. The zero-order valence-corrected chi connectivity index (χ0v) is 16.7. The number of hydrogen-bond donors (Lipinski definition) is 1. The molecule has 1 N–H and O–H groups in total. The molecule has 4 heteroatoms. The third kappa shape index (κ3) is 5.60. The van der Waals surface area contributed by atoms with Gasteiger partial charge >= 0.3 is 0 Å². The molecule has 0 radical (unpaired) electrons. The Morgan fingerprint density at radius 1 is 1.08 bits per heavy atom. The van der Waals surface area contributed by atoms with E-state index < -0.39 is 0 Å². The monoisotopic (exact) mass is 403 g/mol. The average Bonchev–Trinajstić information content (AvgIpc) is 2.65. The molecule has 0 aliphatic rings. The number of ether oxygens (including phenoxy) is 1. The van der Waals surface area contributed by atoms with Gasteiger partial charge in [0.2, 0.25) is 0 Å². The first-order valence-electron chi connectivity index (χ1n) is 8.81. The van der Waals surface area contributed by atoms with Crippen LogP contribution >= 0.6 is 15.9 Å². The molecule has 25 heavy (non-hydrogen) atoms. The van der Waals surface area contributed by atoms with Crippen LogP contribution in [0.3, 0.4) is 0 Å². The molecular formula is C21H26BrNO2. The predicted molar refractivity (Wildman–Crippen MR) is 106 cm³/mol. The van der Waals surface area contributed by atoms with Crippen molar-refractivity contribution in [3.8, 4) is 5.75 Å². The van der Waals surface area contributed by atoms with Crippen molar-refractivity contribution in [1.29, 1.82) is 0 Å². The Balaban J connectivity index is 1.93. The Kier molecular flexibility index (Phi) is 7.51. The fourth-order valence-electron chi connectivity index (χ4n) is 2.66. The lowest BCUT2D eigenvalue weighted by Crippen LogP contribution is -2.32. The largest absolute Gasteiger partial charge is 0.483 e. The SMILES string of the molecule is CCC(C)c1ccc(OCC(=O)NC(CC)c2ccccc2)c(Br)c1. The summed E-state index contributed by atoms with van der Waals surface area (Å²) in [5.41, 5.74) is 2.37. The number of carbonyl (C=O) groups excluding carboxylic acids is 1. The summed E-state index contributed by atoms with van der Waals surface area (Å²) >= 11 is 3.54. The van der Waals surface area contributed by atoms with Crippen molar-refractivity contribution < 1.29 is 9.53 Å². The Morgan fingerprint density at radius 3 is 2.40 bits per heavy atom. The van der Waals surface area contributed by atoms with Gasteiger partial charge in [0.1, 0.15) is 5.75 Å². The number of carbonyl (C=O) groups is 1. The van der Waals surface area contributed by atoms with Crippen LogP contribution in [0.5, 0.6) is 5.75 Å². The van der Waals surface area contributed by atoms with Gasteiger partial charge in [-0.25, -0.2) is 0 Å². The van der Waals surface area contributed by atoms with Crippen LogP contribution in [0.4, 0.5) is 0 Å². The average molecular weight is 404 g/mol. The smallest absolute Gasteiger partial charge is 0.258 e. The van der Waals surface area contributed by atoms with Gasteiger partial charge in [0.05, 0.1) is 10.5 Å². The maximum absolute atomic E-state index is 12.2. The lowest BCUT2D eigenvalue weighted by atomic mass is 9.99. The van der Waals surface area contributed by atoms with E-state index in [1.54, 1.807) is 0 Å². The number of rotatable bonds is 8. The minimum atomic E-state index is -0.117. The molecule has 0 spiro atoms. The minimum Gasteiger partial charge on any atom is -0.483 e. The molecule has 2 atom stereocenters. The first-order chi connectivity index (χ1) is 12.0. The summed E-state index contributed by atoms with van der Waals surface area (Å²) < 4.78 is 6.57. The molecule has 2 aromatic carbocycles. The highest BCUT2D eigenvalue weighted by Gasteiger charge is 2.14. The second-order valence-electron chi connectivity index (χ2n) is 6.23. The lowest BCUT2D eigenvalue weighted by molar-refractivity contribution is -0.123. The molecule has 0 bridgehead atoms. The van der Waals surface area contributed by atoms with Gasteiger partial charge in [0.15, 0.2) is 6.61 Å². The van der Waals surface area contributed by atoms with E-state index >= 15 is 0 Å². The van der Waals surface area contributed by atoms with E-state index in [1.807, 2.05) is 36.4 Å². The molecule has 134 valence electrons. The Hall–Kier alpha value is -1.81. The highest BCUT2D eigenvalue weighted by atomic mass is 79.9. The lowest BCUT2D eigenvalue weighted by Gasteiger charge is -2.18. The van der Waals surface area contributed by atoms with Crippen molar-refractivity contribution >= 4 is 21.8 Å². The Labute approximate surface area is 158 Å². The zero-order chi connectivity index (χ0) is 18.2. The van der Waals surface area contributed by atoms with Crippen LogP contribution in [-0.4, -0.2) is 12.5 Å². The molecule has 0 saturated carbocycles. The summed E-state index contributed by atoms with van der Waals surface area (Å²) in [6.07, 6.45) is 1.93. The van der Waals surface area contributed by atoms with E-state index in [-0.39, 0.29) is 18.6 Å². The molecule has 2 unspecified atom stereocenters. The van der Waals surface area contributed by atoms with E-state index in [9.17, 15) is 4.79 Å². The zero-order valence-electron chi connectivity index (χ0n) is 15.1. The molecule has 0 aliphatic carbocycles.